The van der Waals surface area contributed by atoms with Crippen molar-refractivity contribution in [2.24, 2.45) is 23.5 Å². The molecule has 0 radical (unpaired) electrons. The summed E-state index contributed by atoms with van der Waals surface area (Å²) in [7, 11) is 0. The van der Waals surface area contributed by atoms with E-state index in [4.69, 9.17) is 5.73 Å². The SMILES string of the molecule is NCC1CCC(CN(Cc2cccs2)CC2CCCCC2)CC1. The Morgan fingerprint density at radius 1 is 0.913 bits per heavy atom. The van der Waals surface area contributed by atoms with Gasteiger partial charge in [-0.15, -0.1) is 11.3 Å². The van der Waals surface area contributed by atoms with Crippen molar-refractivity contribution in [3.63, 3.8) is 0 Å². The van der Waals surface area contributed by atoms with Gasteiger partial charge in [0.1, 0.15) is 0 Å². The van der Waals surface area contributed by atoms with Gasteiger partial charge in [0, 0.05) is 24.5 Å². The van der Waals surface area contributed by atoms with Crippen LogP contribution >= 0.6 is 11.3 Å². The molecule has 1 aromatic heterocycles. The zero-order valence-electron chi connectivity index (χ0n) is 14.6. The van der Waals surface area contributed by atoms with Crippen molar-refractivity contribution in [2.75, 3.05) is 19.6 Å². The third-order valence-corrected chi connectivity index (χ3v) is 6.88. The second kappa shape index (κ2) is 9.19. The highest BCUT2D eigenvalue weighted by Crippen LogP contribution is 2.31. The zero-order chi connectivity index (χ0) is 15.9. The van der Waals surface area contributed by atoms with Crippen LogP contribution in [0.25, 0.3) is 0 Å². The first-order valence-electron chi connectivity index (χ1n) is 9.78. The number of nitrogens with zero attached hydrogens (tertiary/aromatic N) is 1. The van der Waals surface area contributed by atoms with E-state index in [0.29, 0.717) is 0 Å². The van der Waals surface area contributed by atoms with Gasteiger partial charge in [-0.3, -0.25) is 4.90 Å². The molecule has 3 heteroatoms. The van der Waals surface area contributed by atoms with Gasteiger partial charge in [-0.25, -0.2) is 0 Å². The van der Waals surface area contributed by atoms with E-state index in [2.05, 4.69) is 22.4 Å². The standard InChI is InChI=1S/C20H34N2S/c21-13-17-8-10-19(11-9-17)15-22(16-20-7-4-12-23-20)14-18-5-2-1-3-6-18/h4,7,12,17-19H,1-3,5-6,8-11,13-16,21H2. The molecule has 0 aromatic carbocycles. The quantitative estimate of drug-likeness (QED) is 0.769. The first kappa shape index (κ1) is 17.4. The summed E-state index contributed by atoms with van der Waals surface area (Å²) in [6.07, 6.45) is 12.8. The van der Waals surface area contributed by atoms with Gasteiger partial charge in [0.2, 0.25) is 0 Å². The third-order valence-electron chi connectivity index (χ3n) is 6.02. The van der Waals surface area contributed by atoms with Crippen LogP contribution in [0.4, 0.5) is 0 Å². The Balaban J connectivity index is 1.53. The Kier molecular flexibility index (Phi) is 6.97. The maximum atomic E-state index is 5.85. The van der Waals surface area contributed by atoms with Gasteiger partial charge in [-0.1, -0.05) is 25.3 Å². The van der Waals surface area contributed by atoms with Crippen molar-refractivity contribution in [1.82, 2.24) is 4.90 Å². The number of nitrogens with two attached hydrogens (primary N) is 1. The van der Waals surface area contributed by atoms with E-state index in [1.165, 1.54) is 82.3 Å². The van der Waals surface area contributed by atoms with Gasteiger partial charge in [0.25, 0.3) is 0 Å². The second-order valence-corrected chi connectivity index (χ2v) is 8.93. The highest BCUT2D eigenvalue weighted by atomic mass is 32.1. The van der Waals surface area contributed by atoms with Crippen molar-refractivity contribution in [3.05, 3.63) is 22.4 Å². The van der Waals surface area contributed by atoms with Gasteiger partial charge in [-0.2, -0.15) is 0 Å². The minimum atomic E-state index is 0.801. The summed E-state index contributed by atoms with van der Waals surface area (Å²) < 4.78 is 0. The molecule has 0 atom stereocenters. The molecule has 3 rings (SSSR count). The fraction of sp³-hybridized carbons (Fsp3) is 0.800. The van der Waals surface area contributed by atoms with Gasteiger partial charge in [0.15, 0.2) is 0 Å². The Morgan fingerprint density at radius 3 is 2.17 bits per heavy atom. The zero-order valence-corrected chi connectivity index (χ0v) is 15.4. The van der Waals surface area contributed by atoms with Crippen molar-refractivity contribution in [2.45, 2.75) is 64.3 Å². The van der Waals surface area contributed by atoms with E-state index in [0.717, 1.165) is 24.3 Å². The number of rotatable bonds is 7. The minimum absolute atomic E-state index is 0.801. The monoisotopic (exact) mass is 334 g/mol. The van der Waals surface area contributed by atoms with Gasteiger partial charge < -0.3 is 5.73 Å². The molecule has 2 N–H and O–H groups in total. The first-order chi connectivity index (χ1) is 11.3. The summed E-state index contributed by atoms with van der Waals surface area (Å²) in [4.78, 5) is 4.33. The predicted molar refractivity (Wildman–Crippen MR) is 101 cm³/mol. The van der Waals surface area contributed by atoms with Crippen molar-refractivity contribution < 1.29 is 0 Å². The molecular weight excluding hydrogens is 300 g/mol. The maximum absolute atomic E-state index is 5.85. The van der Waals surface area contributed by atoms with Gasteiger partial charge in [0.05, 0.1) is 0 Å². The number of hydrogen-bond acceptors (Lipinski definition) is 3. The summed E-state index contributed by atoms with van der Waals surface area (Å²) in [6, 6.07) is 4.51. The fourth-order valence-corrected chi connectivity index (χ4v) is 5.32. The molecule has 0 saturated heterocycles. The largest absolute Gasteiger partial charge is 0.330 e. The molecule has 2 aliphatic rings. The molecule has 0 spiro atoms. The van der Waals surface area contributed by atoms with E-state index in [1.807, 2.05) is 11.3 Å². The molecule has 2 nitrogen and oxygen atoms in total. The Labute approximate surface area is 146 Å². The average molecular weight is 335 g/mol. The normalized spacial score (nSPS) is 26.7. The van der Waals surface area contributed by atoms with Crippen LogP contribution in [-0.4, -0.2) is 24.5 Å². The van der Waals surface area contributed by atoms with Crippen LogP contribution in [0, 0.1) is 17.8 Å². The summed E-state index contributed by atoms with van der Waals surface area (Å²) in [5, 5.41) is 2.22. The van der Waals surface area contributed by atoms with Crippen LogP contribution in [0.5, 0.6) is 0 Å². The Hall–Kier alpha value is -0.380. The molecule has 0 amide bonds. The average Bonchev–Trinajstić information content (AvgIpc) is 3.09. The second-order valence-electron chi connectivity index (χ2n) is 7.90. The van der Waals surface area contributed by atoms with E-state index < -0.39 is 0 Å². The topological polar surface area (TPSA) is 29.3 Å². The van der Waals surface area contributed by atoms with Crippen LogP contribution in [0.1, 0.15) is 62.7 Å². The predicted octanol–water partition coefficient (Wildman–Crippen LogP) is 4.90. The van der Waals surface area contributed by atoms with Crippen molar-refractivity contribution in [3.8, 4) is 0 Å². The van der Waals surface area contributed by atoms with Crippen molar-refractivity contribution >= 4 is 11.3 Å². The lowest BCUT2D eigenvalue weighted by Gasteiger charge is -2.35. The molecule has 2 saturated carbocycles. The molecule has 1 aromatic rings. The number of hydrogen-bond donors (Lipinski definition) is 1. The highest BCUT2D eigenvalue weighted by molar-refractivity contribution is 7.09. The molecule has 23 heavy (non-hydrogen) atoms. The third kappa shape index (κ3) is 5.58. The van der Waals surface area contributed by atoms with Gasteiger partial charge >= 0.3 is 0 Å². The molecular formula is C20H34N2S. The van der Waals surface area contributed by atoms with E-state index >= 15 is 0 Å². The summed E-state index contributed by atoms with van der Waals surface area (Å²) >= 11 is 1.92. The molecule has 0 unspecified atom stereocenters. The Morgan fingerprint density at radius 2 is 1.57 bits per heavy atom. The lowest BCUT2D eigenvalue weighted by molar-refractivity contribution is 0.144. The van der Waals surface area contributed by atoms with Crippen LogP contribution in [-0.2, 0) is 6.54 Å². The van der Waals surface area contributed by atoms with Crippen LogP contribution in [0.15, 0.2) is 17.5 Å². The fourth-order valence-electron chi connectivity index (χ4n) is 4.58. The van der Waals surface area contributed by atoms with Gasteiger partial charge in [-0.05, 0) is 74.3 Å². The maximum Gasteiger partial charge on any atom is 0.0328 e. The van der Waals surface area contributed by atoms with E-state index in [-0.39, 0.29) is 0 Å². The molecule has 1 heterocycles. The molecule has 2 fully saturated rings. The molecule has 0 aliphatic heterocycles. The van der Waals surface area contributed by atoms with Crippen LogP contribution in [0.2, 0.25) is 0 Å². The van der Waals surface area contributed by atoms with E-state index in [9.17, 15) is 0 Å². The summed E-state index contributed by atoms with van der Waals surface area (Å²) in [5.41, 5.74) is 5.85. The smallest absolute Gasteiger partial charge is 0.0328 e. The first-order valence-corrected chi connectivity index (χ1v) is 10.7. The van der Waals surface area contributed by atoms with Crippen LogP contribution < -0.4 is 5.73 Å². The molecule has 130 valence electrons. The Bertz CT molecular complexity index is 417. The molecule has 2 aliphatic carbocycles. The number of thiophene rings is 1. The molecule has 0 bridgehead atoms. The summed E-state index contributed by atoms with van der Waals surface area (Å²) in [6.45, 7) is 4.71. The van der Waals surface area contributed by atoms with Crippen molar-refractivity contribution in [1.29, 1.82) is 0 Å². The lowest BCUT2D eigenvalue weighted by atomic mass is 9.81. The van der Waals surface area contributed by atoms with Crippen LogP contribution in [0.3, 0.4) is 0 Å². The minimum Gasteiger partial charge on any atom is -0.330 e. The highest BCUT2D eigenvalue weighted by Gasteiger charge is 2.24. The van der Waals surface area contributed by atoms with E-state index in [1.54, 1.807) is 0 Å². The lowest BCUT2D eigenvalue weighted by Crippen LogP contribution is -2.35. The summed E-state index contributed by atoms with van der Waals surface area (Å²) in [5.74, 6) is 2.65.